The van der Waals surface area contributed by atoms with Crippen LogP contribution in [0.1, 0.15) is 22.8 Å². The van der Waals surface area contributed by atoms with Gasteiger partial charge in [-0.1, -0.05) is 0 Å². The molecular weight excluding hydrogens is 312 g/mol. The van der Waals surface area contributed by atoms with E-state index in [-0.39, 0.29) is 0 Å². The van der Waals surface area contributed by atoms with E-state index in [9.17, 15) is 0 Å². The van der Waals surface area contributed by atoms with Gasteiger partial charge in [0.1, 0.15) is 11.0 Å². The van der Waals surface area contributed by atoms with Gasteiger partial charge >= 0.3 is 0 Å². The summed E-state index contributed by atoms with van der Waals surface area (Å²) in [5.74, 6) is 0. The molecule has 2 aliphatic rings. The highest BCUT2D eigenvalue weighted by Gasteiger charge is 2.10. The number of hydrogen-bond acceptors (Lipinski definition) is 3. The van der Waals surface area contributed by atoms with Crippen molar-refractivity contribution in [1.82, 2.24) is 19.1 Å². The Kier molecular flexibility index (Phi) is 2.29. The summed E-state index contributed by atoms with van der Waals surface area (Å²) >= 11 is 0. The van der Waals surface area contributed by atoms with Crippen LogP contribution in [0.5, 0.6) is 0 Å². The molecule has 5 heteroatoms. The smallest absolute Gasteiger partial charge is 0.110 e. The summed E-state index contributed by atoms with van der Waals surface area (Å²) in [5.41, 5.74) is 7.60. The third kappa shape index (κ3) is 1.77. The van der Waals surface area contributed by atoms with Gasteiger partial charge in [-0.05, 0) is 72.8 Å². The molecule has 0 amide bonds. The molecule has 6 rings (SSSR count). The predicted octanol–water partition coefficient (Wildman–Crippen LogP) is 4.38. The third-order valence-electron chi connectivity index (χ3n) is 4.59. The summed E-state index contributed by atoms with van der Waals surface area (Å²) in [6.45, 7) is 0. The van der Waals surface area contributed by atoms with Gasteiger partial charge in [0.2, 0.25) is 0 Å². The lowest BCUT2D eigenvalue weighted by Crippen LogP contribution is -1.81. The van der Waals surface area contributed by atoms with Gasteiger partial charge < -0.3 is 0 Å². The normalized spacial score (nSPS) is 13.3. The van der Waals surface area contributed by atoms with Gasteiger partial charge in [0.15, 0.2) is 0 Å². The van der Waals surface area contributed by atoms with E-state index >= 15 is 0 Å². The first-order chi connectivity index (χ1) is 12.3. The molecular formula is C20H12N4O. The fourth-order valence-corrected chi connectivity index (χ4v) is 3.34. The summed E-state index contributed by atoms with van der Waals surface area (Å²) < 4.78 is 9.71. The van der Waals surface area contributed by atoms with Gasteiger partial charge in [0, 0.05) is 0 Å². The van der Waals surface area contributed by atoms with Crippen LogP contribution in [0.3, 0.4) is 0 Å². The van der Waals surface area contributed by atoms with Crippen molar-refractivity contribution in [3.8, 4) is 0 Å². The molecule has 118 valence electrons. The van der Waals surface area contributed by atoms with Crippen LogP contribution in [0, 0.1) is 0 Å². The van der Waals surface area contributed by atoms with Crippen LogP contribution in [-0.2, 0) is 0 Å². The summed E-state index contributed by atoms with van der Waals surface area (Å²) in [5, 5.41) is 0. The van der Waals surface area contributed by atoms with Crippen molar-refractivity contribution < 1.29 is 4.63 Å². The van der Waals surface area contributed by atoms with Crippen LogP contribution >= 0.6 is 0 Å². The van der Waals surface area contributed by atoms with Crippen molar-refractivity contribution >= 4 is 46.4 Å². The molecule has 0 aliphatic carbocycles. The van der Waals surface area contributed by atoms with E-state index in [1.54, 1.807) is 0 Å². The van der Waals surface area contributed by atoms with Gasteiger partial charge in [-0.25, -0.2) is 9.97 Å². The average Bonchev–Trinajstić information content (AvgIpc) is 3.38. The van der Waals surface area contributed by atoms with E-state index in [4.69, 9.17) is 4.63 Å². The van der Waals surface area contributed by atoms with E-state index in [0.717, 1.165) is 44.8 Å². The molecule has 25 heavy (non-hydrogen) atoms. The second-order valence-corrected chi connectivity index (χ2v) is 6.13. The van der Waals surface area contributed by atoms with Gasteiger partial charge in [0.25, 0.3) is 0 Å². The number of aromatic nitrogens is 4. The van der Waals surface area contributed by atoms with Crippen LogP contribution in [0.2, 0.25) is 0 Å². The Morgan fingerprint density at radius 1 is 0.560 bits per heavy atom. The first-order valence-electron chi connectivity index (χ1n) is 8.12. The largest absolute Gasteiger partial charge is 0.281 e. The molecule has 0 radical (unpaired) electrons. The Hall–Kier alpha value is -3.60. The van der Waals surface area contributed by atoms with Crippen LogP contribution < -0.4 is 0 Å². The highest BCUT2D eigenvalue weighted by Crippen LogP contribution is 2.23. The fraction of sp³-hybridized carbons (Fsp3) is 0. The number of fused-ring (bicyclic) bond motifs is 6. The molecule has 0 N–H and O–H groups in total. The Balaban J connectivity index is 1.80. The maximum atomic E-state index is 6.03. The highest BCUT2D eigenvalue weighted by atomic mass is 16.6. The number of hydrogen-bond donors (Lipinski definition) is 0. The topological polar surface area (TPSA) is 47.7 Å². The van der Waals surface area contributed by atoms with E-state index in [1.807, 2.05) is 69.8 Å². The Morgan fingerprint density at radius 2 is 1.04 bits per heavy atom. The maximum Gasteiger partial charge on any atom is 0.110 e. The molecule has 0 unspecified atom stereocenters. The highest BCUT2D eigenvalue weighted by molar-refractivity contribution is 5.83. The average molecular weight is 324 g/mol. The molecule has 4 aromatic heterocycles. The van der Waals surface area contributed by atoms with Crippen LogP contribution in [0.25, 0.3) is 46.4 Å². The van der Waals surface area contributed by atoms with Crippen molar-refractivity contribution in [3.63, 3.8) is 0 Å². The Bertz CT molecular complexity index is 1240. The minimum Gasteiger partial charge on any atom is -0.281 e. The van der Waals surface area contributed by atoms with Crippen molar-refractivity contribution in [2.75, 3.05) is 0 Å². The lowest BCUT2D eigenvalue weighted by Gasteiger charge is -1.87. The number of nitrogens with zero attached hydrogens (tertiary/aromatic N) is 4. The quantitative estimate of drug-likeness (QED) is 0.416. The fourth-order valence-electron chi connectivity index (χ4n) is 3.34. The Morgan fingerprint density at radius 3 is 1.56 bits per heavy atom. The van der Waals surface area contributed by atoms with Gasteiger partial charge in [0.05, 0.1) is 33.8 Å². The predicted molar refractivity (Wildman–Crippen MR) is 98.0 cm³/mol. The summed E-state index contributed by atoms with van der Waals surface area (Å²) in [6.07, 6.45) is 7.99. The zero-order chi connectivity index (χ0) is 16.4. The van der Waals surface area contributed by atoms with E-state index in [0.29, 0.717) is 0 Å². The van der Waals surface area contributed by atoms with E-state index < -0.39 is 0 Å². The van der Waals surface area contributed by atoms with Gasteiger partial charge in [-0.15, -0.1) is 0 Å². The van der Waals surface area contributed by atoms with Crippen LogP contribution in [0.15, 0.2) is 53.2 Å². The molecule has 6 heterocycles. The molecule has 0 saturated carbocycles. The summed E-state index contributed by atoms with van der Waals surface area (Å²) in [7, 11) is 0. The summed E-state index contributed by atoms with van der Waals surface area (Å²) in [4.78, 5) is 9.29. The molecule has 0 fully saturated rings. The number of rotatable bonds is 0. The maximum absolute atomic E-state index is 6.03. The third-order valence-corrected chi connectivity index (χ3v) is 4.59. The zero-order valence-electron chi connectivity index (χ0n) is 13.1. The van der Waals surface area contributed by atoms with Gasteiger partial charge in [-0.2, -0.15) is 9.15 Å². The Labute approximate surface area is 142 Å². The second kappa shape index (κ2) is 4.48. The molecule has 2 aliphatic heterocycles. The van der Waals surface area contributed by atoms with Crippen molar-refractivity contribution in [2.24, 2.45) is 0 Å². The first-order valence-corrected chi connectivity index (χ1v) is 8.12. The molecule has 5 nitrogen and oxygen atoms in total. The zero-order valence-corrected chi connectivity index (χ0v) is 13.1. The van der Waals surface area contributed by atoms with Gasteiger partial charge in [-0.3, -0.25) is 4.63 Å². The minimum atomic E-state index is 0.888. The lowest BCUT2D eigenvalue weighted by molar-refractivity contribution is 0.259. The molecule has 4 aromatic rings. The first kappa shape index (κ1) is 12.8. The molecule has 0 saturated heterocycles. The van der Waals surface area contributed by atoms with Crippen LogP contribution in [-0.4, -0.2) is 19.1 Å². The lowest BCUT2D eigenvalue weighted by atomic mass is 10.3. The standard InChI is InChI=1S/C20H12N4O/c1-5-15-7-11-19-20-12-8-16(24(20)25-23(15)19)6-2-14-4-10-18(22-14)17-9-3-13(1)21-17/h1-12H. The molecule has 0 spiro atoms. The van der Waals surface area contributed by atoms with Crippen molar-refractivity contribution in [3.05, 3.63) is 71.3 Å². The summed E-state index contributed by atoms with van der Waals surface area (Å²) in [6, 6.07) is 16.2. The SMILES string of the molecule is C1=Cc2nc1ccc1ccc3c4ccc(ccc5nc2C=C5)n4on13. The van der Waals surface area contributed by atoms with Crippen molar-refractivity contribution in [2.45, 2.75) is 0 Å². The van der Waals surface area contributed by atoms with E-state index in [2.05, 4.69) is 22.1 Å². The van der Waals surface area contributed by atoms with E-state index in [1.165, 1.54) is 0 Å². The molecule has 6 bridgehead atoms. The monoisotopic (exact) mass is 324 g/mol. The minimum absolute atomic E-state index is 0.888. The molecule has 0 aromatic carbocycles. The van der Waals surface area contributed by atoms with Crippen LogP contribution in [0.4, 0.5) is 0 Å². The molecule has 0 atom stereocenters. The van der Waals surface area contributed by atoms with Crippen molar-refractivity contribution in [1.29, 1.82) is 0 Å². The second-order valence-electron chi connectivity index (χ2n) is 6.13.